The highest BCUT2D eigenvalue weighted by atomic mass is 35.5. The van der Waals surface area contributed by atoms with E-state index in [0.29, 0.717) is 6.54 Å². The number of quaternary nitrogens is 1. The average Bonchev–Trinajstić information content (AvgIpc) is 2.76. The van der Waals surface area contributed by atoms with Crippen LogP contribution in [0.5, 0.6) is 0 Å². The number of likely N-dealkylation sites (N-methyl/N-ethyl adjacent to an activating group) is 1. The van der Waals surface area contributed by atoms with Crippen molar-refractivity contribution in [1.29, 1.82) is 0 Å². The minimum atomic E-state index is -4.61. The summed E-state index contributed by atoms with van der Waals surface area (Å²) < 4.78 is 39.6. The molecular weight excluding hydrogens is 457 g/mol. The van der Waals surface area contributed by atoms with Crippen molar-refractivity contribution in [2.45, 2.75) is 23.7 Å². The van der Waals surface area contributed by atoms with Crippen LogP contribution in [0.2, 0.25) is 5.02 Å². The van der Waals surface area contributed by atoms with E-state index in [1.807, 2.05) is 67.9 Å². The molecule has 2 N–H and O–H groups in total. The minimum absolute atomic E-state index is 0.0461. The van der Waals surface area contributed by atoms with Gasteiger partial charge in [0.25, 0.3) is 5.91 Å². The summed E-state index contributed by atoms with van der Waals surface area (Å²) in [4.78, 5) is 15.3. The van der Waals surface area contributed by atoms with Gasteiger partial charge in [0.15, 0.2) is 6.04 Å². The number of anilines is 1. The molecule has 8 heteroatoms. The highest BCUT2D eigenvalue weighted by Crippen LogP contribution is 2.36. The lowest BCUT2D eigenvalue weighted by Gasteiger charge is -2.25. The molecule has 2 atom stereocenters. The van der Waals surface area contributed by atoms with Crippen molar-refractivity contribution in [2.75, 3.05) is 18.6 Å². The van der Waals surface area contributed by atoms with Crippen LogP contribution in [0.15, 0.2) is 77.7 Å². The molecule has 3 aromatic carbocycles. The number of hydrogen-bond acceptors (Lipinski definition) is 2. The number of amides is 1. The topological polar surface area (TPSA) is 33.5 Å². The quantitative estimate of drug-likeness (QED) is 0.440. The van der Waals surface area contributed by atoms with Crippen LogP contribution in [0.1, 0.15) is 22.7 Å². The van der Waals surface area contributed by atoms with Crippen molar-refractivity contribution < 1.29 is 22.9 Å². The van der Waals surface area contributed by atoms with Gasteiger partial charge in [-0.3, -0.25) is 4.79 Å². The molecular formula is C24H23ClF3N2OS+. The van der Waals surface area contributed by atoms with Crippen LogP contribution >= 0.6 is 23.4 Å². The predicted molar refractivity (Wildman–Crippen MR) is 123 cm³/mol. The highest BCUT2D eigenvalue weighted by Gasteiger charge is 2.34. The molecule has 0 radical (unpaired) electrons. The third-order valence-electron chi connectivity index (χ3n) is 5.07. The third-order valence-corrected chi connectivity index (χ3v) is 6.14. The Morgan fingerprint density at radius 1 is 1.06 bits per heavy atom. The van der Waals surface area contributed by atoms with Crippen molar-refractivity contribution in [1.82, 2.24) is 0 Å². The lowest BCUT2D eigenvalue weighted by Crippen LogP contribution is -3.09. The van der Waals surface area contributed by atoms with Crippen molar-refractivity contribution >= 4 is 35.0 Å². The predicted octanol–water partition coefficient (Wildman–Crippen LogP) is 5.48. The number of rotatable bonds is 7. The van der Waals surface area contributed by atoms with E-state index < -0.39 is 28.7 Å². The molecule has 32 heavy (non-hydrogen) atoms. The zero-order valence-corrected chi connectivity index (χ0v) is 19.1. The molecule has 0 aliphatic carbocycles. The number of halogens is 4. The maximum Gasteiger partial charge on any atom is 0.417 e. The first-order valence-corrected chi connectivity index (χ1v) is 11.5. The van der Waals surface area contributed by atoms with Crippen LogP contribution in [-0.4, -0.2) is 19.2 Å². The van der Waals surface area contributed by atoms with Gasteiger partial charge in [-0.25, -0.2) is 0 Å². The fourth-order valence-corrected chi connectivity index (χ4v) is 4.14. The molecule has 3 nitrogen and oxygen atoms in total. The van der Waals surface area contributed by atoms with Gasteiger partial charge < -0.3 is 10.2 Å². The van der Waals surface area contributed by atoms with Gasteiger partial charge in [-0.15, -0.1) is 11.8 Å². The molecule has 0 saturated carbocycles. The summed E-state index contributed by atoms with van der Waals surface area (Å²) in [5, 5.41) is 2.23. The van der Waals surface area contributed by atoms with E-state index in [9.17, 15) is 18.0 Å². The Morgan fingerprint density at radius 3 is 2.31 bits per heavy atom. The number of carbonyl (C=O) groups excluding carboxylic acids is 1. The fourth-order valence-electron chi connectivity index (χ4n) is 3.51. The molecule has 1 amide bonds. The summed E-state index contributed by atoms with van der Waals surface area (Å²) in [5.74, 6) is -0.398. The molecule has 0 aliphatic heterocycles. The Labute approximate surface area is 194 Å². The normalized spacial score (nSPS) is 13.4. The van der Waals surface area contributed by atoms with E-state index in [1.165, 1.54) is 6.07 Å². The van der Waals surface area contributed by atoms with Gasteiger partial charge in [-0.05, 0) is 36.6 Å². The molecule has 1 unspecified atom stereocenters. The van der Waals surface area contributed by atoms with Crippen LogP contribution in [0, 0.1) is 0 Å². The summed E-state index contributed by atoms with van der Waals surface area (Å²) in [6, 6.07) is 20.0. The maximum atomic E-state index is 13.2. The zero-order valence-electron chi connectivity index (χ0n) is 17.5. The standard InChI is InChI=1S/C24H22ClF3N2OS/c1-30(15-16-8-11-19(32-2)12-9-16)22(17-6-4-3-5-7-17)23(31)29-18-10-13-21(25)20(14-18)24(26,27)28/h3-14,22H,15H2,1-2H3,(H,29,31)/p+1/t22-/m0/s1. The first-order valence-electron chi connectivity index (χ1n) is 9.87. The van der Waals surface area contributed by atoms with Gasteiger partial charge in [0.2, 0.25) is 0 Å². The van der Waals surface area contributed by atoms with Crippen LogP contribution in [0.25, 0.3) is 0 Å². The second-order valence-electron chi connectivity index (χ2n) is 7.40. The zero-order chi connectivity index (χ0) is 23.3. The Morgan fingerprint density at radius 2 is 1.72 bits per heavy atom. The molecule has 0 spiro atoms. The Balaban J connectivity index is 1.86. The van der Waals surface area contributed by atoms with E-state index in [2.05, 4.69) is 5.32 Å². The van der Waals surface area contributed by atoms with E-state index in [-0.39, 0.29) is 5.69 Å². The lowest BCUT2D eigenvalue weighted by atomic mass is 10.0. The number of carbonyl (C=O) groups is 1. The summed E-state index contributed by atoms with van der Waals surface area (Å²) in [6.45, 7) is 0.566. The first kappa shape index (κ1) is 24.2. The Kier molecular flexibility index (Phi) is 7.87. The average molecular weight is 480 g/mol. The van der Waals surface area contributed by atoms with E-state index in [1.54, 1.807) is 11.8 Å². The highest BCUT2D eigenvalue weighted by molar-refractivity contribution is 7.98. The third kappa shape index (κ3) is 6.06. The molecule has 3 rings (SSSR count). The molecule has 168 valence electrons. The number of alkyl halides is 3. The summed E-state index contributed by atoms with van der Waals surface area (Å²) >= 11 is 7.35. The van der Waals surface area contributed by atoms with Crippen LogP contribution in [-0.2, 0) is 17.5 Å². The maximum absolute atomic E-state index is 13.2. The summed E-state index contributed by atoms with van der Waals surface area (Å²) in [5.41, 5.74) is 0.890. The Hall–Kier alpha value is -2.48. The van der Waals surface area contributed by atoms with E-state index >= 15 is 0 Å². The fraction of sp³-hybridized carbons (Fsp3) is 0.208. The van der Waals surface area contributed by atoms with Crippen LogP contribution in [0.4, 0.5) is 18.9 Å². The molecule has 0 saturated heterocycles. The molecule has 0 aliphatic rings. The van der Waals surface area contributed by atoms with Crippen LogP contribution < -0.4 is 10.2 Å². The number of thioether (sulfide) groups is 1. The van der Waals surface area contributed by atoms with Crippen LogP contribution in [0.3, 0.4) is 0 Å². The van der Waals surface area contributed by atoms with E-state index in [4.69, 9.17) is 11.6 Å². The molecule has 0 heterocycles. The van der Waals surface area contributed by atoms with E-state index in [0.717, 1.165) is 33.1 Å². The largest absolute Gasteiger partial charge is 0.417 e. The second-order valence-corrected chi connectivity index (χ2v) is 8.68. The number of hydrogen-bond donors (Lipinski definition) is 2. The minimum Gasteiger partial charge on any atom is -0.321 e. The number of benzene rings is 3. The number of nitrogens with one attached hydrogen (secondary N) is 2. The van der Waals surface area contributed by atoms with Gasteiger partial charge in [0, 0.05) is 21.7 Å². The molecule has 0 aromatic heterocycles. The lowest BCUT2D eigenvalue weighted by molar-refractivity contribution is -0.915. The summed E-state index contributed by atoms with van der Waals surface area (Å²) in [7, 11) is 1.89. The molecule has 0 fully saturated rings. The van der Waals surface area contributed by atoms with Crippen molar-refractivity contribution in [2.24, 2.45) is 0 Å². The van der Waals surface area contributed by atoms with Gasteiger partial charge >= 0.3 is 6.18 Å². The van der Waals surface area contributed by atoms with Gasteiger partial charge in [0.1, 0.15) is 6.54 Å². The van der Waals surface area contributed by atoms with Gasteiger partial charge in [-0.1, -0.05) is 54.1 Å². The smallest absolute Gasteiger partial charge is 0.321 e. The molecule has 3 aromatic rings. The monoisotopic (exact) mass is 479 g/mol. The van der Waals surface area contributed by atoms with Gasteiger partial charge in [-0.2, -0.15) is 13.2 Å². The van der Waals surface area contributed by atoms with Crippen molar-refractivity contribution in [3.63, 3.8) is 0 Å². The summed E-state index contributed by atoms with van der Waals surface area (Å²) in [6.07, 6.45) is -2.61. The van der Waals surface area contributed by atoms with Gasteiger partial charge in [0.05, 0.1) is 17.6 Å². The van der Waals surface area contributed by atoms with Crippen molar-refractivity contribution in [3.05, 3.63) is 94.5 Å². The molecule has 0 bridgehead atoms. The second kappa shape index (κ2) is 10.4. The Bertz CT molecular complexity index is 1060. The first-order chi connectivity index (χ1) is 15.2. The SMILES string of the molecule is CSc1ccc(C[NH+](C)[C@H](C(=O)Nc2ccc(Cl)c(C(F)(F)F)c2)c2ccccc2)cc1. The van der Waals surface area contributed by atoms with Crippen molar-refractivity contribution in [3.8, 4) is 0 Å².